The van der Waals surface area contributed by atoms with E-state index in [0.29, 0.717) is 0 Å². The lowest BCUT2D eigenvalue weighted by atomic mass is 9.99. The molecule has 0 unspecified atom stereocenters. The van der Waals surface area contributed by atoms with Gasteiger partial charge in [-0.2, -0.15) is 0 Å². The Hall–Kier alpha value is -4.10. The Balaban J connectivity index is 1.43. The fourth-order valence-electron chi connectivity index (χ4n) is 4.59. The van der Waals surface area contributed by atoms with Crippen molar-refractivity contribution in [2.75, 3.05) is 0 Å². The summed E-state index contributed by atoms with van der Waals surface area (Å²) in [7, 11) is 0. The molecule has 0 saturated carbocycles. The Morgan fingerprint density at radius 3 is 2.39 bits per heavy atom. The monoisotopic (exact) mass is 446 g/mol. The van der Waals surface area contributed by atoms with Crippen LogP contribution >= 0.6 is 11.3 Å². The van der Waals surface area contributed by atoms with Crippen LogP contribution in [-0.2, 0) is 0 Å². The van der Waals surface area contributed by atoms with E-state index in [-0.39, 0.29) is 0 Å². The van der Waals surface area contributed by atoms with Crippen molar-refractivity contribution < 1.29 is 0 Å². The van der Waals surface area contributed by atoms with Crippen molar-refractivity contribution in [3.05, 3.63) is 72.7 Å². The second-order valence-corrected chi connectivity index (χ2v) is 9.39. The van der Waals surface area contributed by atoms with Gasteiger partial charge in [0.15, 0.2) is 0 Å². The largest absolute Gasteiger partial charge is 0.342 e. The third kappa shape index (κ3) is 2.79. The maximum Gasteiger partial charge on any atom is 0.117 e. The molecular formula is C26H18N6S. The number of rotatable bonds is 2. The Labute approximate surface area is 192 Å². The van der Waals surface area contributed by atoms with Crippen molar-refractivity contribution in [3.63, 3.8) is 0 Å². The summed E-state index contributed by atoms with van der Waals surface area (Å²) in [5.41, 5.74) is 6.98. The molecule has 6 nitrogen and oxygen atoms in total. The second-order valence-electron chi connectivity index (χ2n) is 8.31. The Morgan fingerprint density at radius 1 is 0.727 bits per heavy atom. The number of benzene rings is 3. The molecular weight excluding hydrogens is 428 g/mol. The van der Waals surface area contributed by atoms with Crippen LogP contribution in [0.4, 0.5) is 0 Å². The number of hydrogen-bond donors (Lipinski definition) is 2. The minimum atomic E-state index is 0.828. The predicted octanol–water partition coefficient (Wildman–Crippen LogP) is 6.55. The van der Waals surface area contributed by atoms with Crippen LogP contribution in [0.1, 0.15) is 11.6 Å². The number of hydrogen-bond acceptors (Lipinski definition) is 5. The standard InChI is InChI=1S/C26H18N6S/c1-13-29-12-20(30-13)22-11-17-4-3-16(10-21(17)33-22)15-5-6-18-19(9-15)23-25(28-8-7-27-23)26-24(18)31-14(2)32-26/h3-12H,1-2H3,(H,29,30)(H,31,32). The normalized spacial score (nSPS) is 11.9. The van der Waals surface area contributed by atoms with E-state index >= 15 is 0 Å². The molecule has 7 heteroatoms. The Bertz CT molecular complexity index is 1860. The van der Waals surface area contributed by atoms with E-state index in [2.05, 4.69) is 72.4 Å². The molecule has 158 valence electrons. The summed E-state index contributed by atoms with van der Waals surface area (Å²) >= 11 is 1.78. The highest BCUT2D eigenvalue weighted by atomic mass is 32.1. The van der Waals surface area contributed by atoms with Gasteiger partial charge in [0.2, 0.25) is 0 Å². The first-order chi connectivity index (χ1) is 16.1. The molecule has 0 saturated heterocycles. The topological polar surface area (TPSA) is 83.1 Å². The lowest BCUT2D eigenvalue weighted by Crippen LogP contribution is -1.88. The summed E-state index contributed by atoms with van der Waals surface area (Å²) in [4.78, 5) is 26.2. The molecule has 4 aromatic heterocycles. The summed E-state index contributed by atoms with van der Waals surface area (Å²) < 4.78 is 1.25. The van der Waals surface area contributed by atoms with Gasteiger partial charge < -0.3 is 9.97 Å². The van der Waals surface area contributed by atoms with E-state index in [4.69, 9.17) is 0 Å². The van der Waals surface area contributed by atoms with Crippen LogP contribution in [0.3, 0.4) is 0 Å². The van der Waals surface area contributed by atoms with Crippen molar-refractivity contribution in [2.45, 2.75) is 13.8 Å². The van der Waals surface area contributed by atoms with E-state index in [0.717, 1.165) is 55.7 Å². The van der Waals surface area contributed by atoms with Gasteiger partial charge >= 0.3 is 0 Å². The van der Waals surface area contributed by atoms with Crippen molar-refractivity contribution in [3.8, 4) is 21.7 Å². The molecule has 2 N–H and O–H groups in total. The molecule has 0 bridgehead atoms. The van der Waals surface area contributed by atoms with Gasteiger partial charge in [0.1, 0.15) is 22.7 Å². The molecule has 7 aromatic rings. The summed E-state index contributed by atoms with van der Waals surface area (Å²) in [6.45, 7) is 3.94. The number of nitrogens with one attached hydrogen (secondary N) is 2. The SMILES string of the molecule is Cc1ncc(-c2cc3ccc(-c4ccc5c(c4)c4nccnc4c4nc(C)[nH]c54)cc3s2)[nH]1. The smallest absolute Gasteiger partial charge is 0.117 e. The summed E-state index contributed by atoms with van der Waals surface area (Å²) in [5.74, 6) is 1.80. The van der Waals surface area contributed by atoms with Crippen LogP contribution in [0, 0.1) is 13.8 Å². The van der Waals surface area contributed by atoms with E-state index < -0.39 is 0 Å². The fourth-order valence-corrected chi connectivity index (χ4v) is 5.66. The number of thiophene rings is 1. The molecule has 0 aliphatic rings. The van der Waals surface area contributed by atoms with Gasteiger partial charge in [-0.15, -0.1) is 11.3 Å². The van der Waals surface area contributed by atoms with Crippen LogP contribution in [0.5, 0.6) is 0 Å². The van der Waals surface area contributed by atoms with E-state index in [1.807, 2.05) is 20.0 Å². The average Bonchev–Trinajstić information content (AvgIpc) is 3.56. The van der Waals surface area contributed by atoms with Gasteiger partial charge in [-0.3, -0.25) is 9.97 Å². The van der Waals surface area contributed by atoms with Gasteiger partial charge in [-0.05, 0) is 48.6 Å². The number of aromatic amines is 2. The van der Waals surface area contributed by atoms with Crippen molar-refractivity contribution in [2.24, 2.45) is 0 Å². The molecule has 0 radical (unpaired) electrons. The third-order valence-corrected chi connectivity index (χ3v) is 7.24. The second kappa shape index (κ2) is 6.70. The zero-order valence-corrected chi connectivity index (χ0v) is 18.8. The highest BCUT2D eigenvalue weighted by Gasteiger charge is 2.15. The number of aromatic nitrogens is 6. The van der Waals surface area contributed by atoms with Gasteiger partial charge in [0.25, 0.3) is 0 Å². The number of fused-ring (bicyclic) bond motifs is 7. The third-order valence-electron chi connectivity index (χ3n) is 6.11. The number of nitrogens with zero attached hydrogens (tertiary/aromatic N) is 4. The first kappa shape index (κ1) is 18.5. The lowest BCUT2D eigenvalue weighted by molar-refractivity contribution is 1.15. The molecule has 0 amide bonds. The summed E-state index contributed by atoms with van der Waals surface area (Å²) in [5, 5.41) is 3.42. The molecule has 0 aliphatic carbocycles. The zero-order valence-electron chi connectivity index (χ0n) is 18.0. The number of H-pyrrole nitrogens is 2. The van der Waals surface area contributed by atoms with Crippen LogP contribution in [-0.4, -0.2) is 29.9 Å². The molecule has 0 aliphatic heterocycles. The molecule has 0 spiro atoms. The van der Waals surface area contributed by atoms with Crippen LogP contribution in [0.25, 0.3) is 64.6 Å². The molecule has 7 rings (SSSR count). The minimum absolute atomic E-state index is 0.828. The van der Waals surface area contributed by atoms with Gasteiger partial charge in [0.05, 0.1) is 27.8 Å². The van der Waals surface area contributed by atoms with Crippen LogP contribution in [0.2, 0.25) is 0 Å². The lowest BCUT2D eigenvalue weighted by Gasteiger charge is -2.08. The number of aryl methyl sites for hydroxylation is 2. The average molecular weight is 447 g/mol. The first-order valence-corrected chi connectivity index (χ1v) is 11.5. The molecule has 33 heavy (non-hydrogen) atoms. The number of imidazole rings is 2. The summed E-state index contributed by atoms with van der Waals surface area (Å²) in [6.07, 6.45) is 5.37. The van der Waals surface area contributed by atoms with Crippen molar-refractivity contribution in [1.82, 2.24) is 29.9 Å². The zero-order chi connectivity index (χ0) is 22.1. The van der Waals surface area contributed by atoms with Crippen molar-refractivity contribution >= 4 is 54.3 Å². The molecule has 0 atom stereocenters. The Kier molecular flexibility index (Phi) is 3.75. The van der Waals surface area contributed by atoms with Gasteiger partial charge in [0, 0.05) is 27.9 Å². The molecule has 3 aromatic carbocycles. The van der Waals surface area contributed by atoms with Crippen LogP contribution in [0.15, 0.2) is 61.1 Å². The first-order valence-electron chi connectivity index (χ1n) is 10.7. The highest BCUT2D eigenvalue weighted by Crippen LogP contribution is 2.37. The Morgan fingerprint density at radius 2 is 1.55 bits per heavy atom. The maximum absolute atomic E-state index is 4.67. The predicted molar refractivity (Wildman–Crippen MR) is 135 cm³/mol. The van der Waals surface area contributed by atoms with Gasteiger partial charge in [-0.25, -0.2) is 9.97 Å². The molecule has 4 heterocycles. The minimum Gasteiger partial charge on any atom is -0.342 e. The highest BCUT2D eigenvalue weighted by molar-refractivity contribution is 7.22. The van der Waals surface area contributed by atoms with E-state index in [1.165, 1.54) is 20.5 Å². The van der Waals surface area contributed by atoms with Crippen LogP contribution < -0.4 is 0 Å². The fraction of sp³-hybridized carbons (Fsp3) is 0.0769. The quantitative estimate of drug-likeness (QED) is 0.295. The van der Waals surface area contributed by atoms with Crippen molar-refractivity contribution in [1.29, 1.82) is 0 Å². The van der Waals surface area contributed by atoms with E-state index in [1.54, 1.807) is 23.7 Å². The van der Waals surface area contributed by atoms with E-state index in [9.17, 15) is 0 Å². The maximum atomic E-state index is 4.67. The van der Waals surface area contributed by atoms with Gasteiger partial charge in [-0.1, -0.05) is 24.3 Å². The molecule has 0 fully saturated rings. The summed E-state index contributed by atoms with van der Waals surface area (Å²) in [6, 6.07) is 15.4.